The van der Waals surface area contributed by atoms with Gasteiger partial charge in [0.2, 0.25) is 0 Å². The summed E-state index contributed by atoms with van der Waals surface area (Å²) in [6.07, 6.45) is 12.5. The van der Waals surface area contributed by atoms with Gasteiger partial charge in [-0.3, -0.25) is 0 Å². The number of halogens is 1. The maximum Gasteiger partial charge on any atom is 0.0996 e. The van der Waals surface area contributed by atoms with Gasteiger partial charge in [0, 0.05) is 11.2 Å². The molecule has 0 fully saturated rings. The van der Waals surface area contributed by atoms with Gasteiger partial charge in [-0.2, -0.15) is 0 Å². The Balaban J connectivity index is 2.04. The molecule has 0 aromatic carbocycles. The summed E-state index contributed by atoms with van der Waals surface area (Å²) in [7, 11) is 0. The highest BCUT2D eigenvalue weighted by molar-refractivity contribution is 9.09. The van der Waals surface area contributed by atoms with Crippen molar-refractivity contribution in [1.82, 2.24) is 0 Å². The second-order valence-electron chi connectivity index (χ2n) is 4.63. The molecule has 0 spiro atoms. The second-order valence-corrected chi connectivity index (χ2v) is 5.20. The molecule has 86 valence electrons. The maximum atomic E-state index is 9.75. The van der Waals surface area contributed by atoms with Crippen LogP contribution in [0.3, 0.4) is 0 Å². The van der Waals surface area contributed by atoms with Crippen LogP contribution in [0, 0.1) is 17.8 Å². The fourth-order valence-corrected chi connectivity index (χ4v) is 2.72. The molecule has 3 unspecified atom stereocenters. The third-order valence-electron chi connectivity index (χ3n) is 3.33. The zero-order chi connectivity index (χ0) is 11.5. The van der Waals surface area contributed by atoms with Gasteiger partial charge < -0.3 is 5.11 Å². The molecular formula is C14H17BrO. The lowest BCUT2D eigenvalue weighted by molar-refractivity contribution is 0.286. The van der Waals surface area contributed by atoms with Crippen LogP contribution in [0.15, 0.2) is 48.3 Å². The fourth-order valence-electron chi connectivity index (χ4n) is 2.50. The summed E-state index contributed by atoms with van der Waals surface area (Å²) in [6.45, 7) is 4.03. The number of hydrogen-bond donors (Lipinski definition) is 1. The molecule has 2 rings (SSSR count). The van der Waals surface area contributed by atoms with Crippen molar-refractivity contribution in [3.63, 3.8) is 0 Å². The van der Waals surface area contributed by atoms with E-state index < -0.39 is 0 Å². The quantitative estimate of drug-likeness (QED) is 0.608. The van der Waals surface area contributed by atoms with Crippen LogP contribution in [0.1, 0.15) is 12.8 Å². The summed E-state index contributed by atoms with van der Waals surface area (Å²) in [6, 6.07) is 0. The Morgan fingerprint density at radius 3 is 3.00 bits per heavy atom. The summed E-state index contributed by atoms with van der Waals surface area (Å²) in [5.41, 5.74) is 1.24. The Morgan fingerprint density at radius 2 is 2.25 bits per heavy atom. The third kappa shape index (κ3) is 2.49. The zero-order valence-corrected chi connectivity index (χ0v) is 10.9. The zero-order valence-electron chi connectivity index (χ0n) is 9.27. The summed E-state index contributed by atoms with van der Waals surface area (Å²) in [4.78, 5) is 0. The number of rotatable bonds is 3. The largest absolute Gasteiger partial charge is 0.512 e. The fraction of sp³-hybridized carbons (Fsp3) is 0.429. The topological polar surface area (TPSA) is 20.2 Å². The molecule has 1 nitrogen and oxygen atoms in total. The predicted molar refractivity (Wildman–Crippen MR) is 71.6 cm³/mol. The maximum absolute atomic E-state index is 9.75. The van der Waals surface area contributed by atoms with Crippen LogP contribution in [-0.4, -0.2) is 10.4 Å². The molecule has 0 aliphatic heterocycles. The molecule has 2 aliphatic carbocycles. The number of alkyl halides is 1. The number of allylic oxidation sites excluding steroid dienone is 6. The Morgan fingerprint density at radius 1 is 1.44 bits per heavy atom. The first kappa shape index (κ1) is 11.7. The molecule has 0 aromatic heterocycles. The van der Waals surface area contributed by atoms with E-state index in [1.54, 1.807) is 6.08 Å². The molecule has 0 amide bonds. The minimum Gasteiger partial charge on any atom is -0.512 e. The highest BCUT2D eigenvalue weighted by Gasteiger charge is 2.28. The van der Waals surface area contributed by atoms with E-state index in [9.17, 15) is 5.11 Å². The van der Waals surface area contributed by atoms with Crippen LogP contribution < -0.4 is 0 Å². The molecular weight excluding hydrogens is 264 g/mol. The molecule has 16 heavy (non-hydrogen) atoms. The Kier molecular flexibility index (Phi) is 3.70. The lowest BCUT2D eigenvalue weighted by atomic mass is 9.75. The van der Waals surface area contributed by atoms with Gasteiger partial charge in [0.25, 0.3) is 0 Å². The second kappa shape index (κ2) is 5.05. The lowest BCUT2D eigenvalue weighted by Crippen LogP contribution is -2.22. The Bertz CT molecular complexity index is 365. The van der Waals surface area contributed by atoms with Gasteiger partial charge in [0.05, 0.1) is 5.76 Å². The smallest absolute Gasteiger partial charge is 0.0996 e. The van der Waals surface area contributed by atoms with E-state index in [0.29, 0.717) is 17.6 Å². The Hall–Kier alpha value is -0.760. The van der Waals surface area contributed by atoms with Crippen LogP contribution in [-0.2, 0) is 0 Å². The third-order valence-corrected chi connectivity index (χ3v) is 4.13. The van der Waals surface area contributed by atoms with Crippen LogP contribution in [0.25, 0.3) is 0 Å². The van der Waals surface area contributed by atoms with Crippen molar-refractivity contribution >= 4 is 15.9 Å². The summed E-state index contributed by atoms with van der Waals surface area (Å²) in [5, 5.41) is 10.6. The SMILES string of the molecule is C=C(CBr)CC1C=CC2C(O)=CC=CC2C1. The van der Waals surface area contributed by atoms with Gasteiger partial charge in [-0.05, 0) is 30.8 Å². The first-order chi connectivity index (χ1) is 7.70. The van der Waals surface area contributed by atoms with Crippen LogP contribution in [0.2, 0.25) is 0 Å². The molecule has 0 bridgehead atoms. The monoisotopic (exact) mass is 280 g/mol. The van der Waals surface area contributed by atoms with E-state index in [1.807, 2.05) is 6.08 Å². The van der Waals surface area contributed by atoms with E-state index in [1.165, 1.54) is 5.57 Å². The molecule has 0 heterocycles. The summed E-state index contributed by atoms with van der Waals surface area (Å²) < 4.78 is 0. The van der Waals surface area contributed by atoms with Gasteiger partial charge in [-0.1, -0.05) is 52.4 Å². The molecule has 1 N–H and O–H groups in total. The average molecular weight is 281 g/mol. The average Bonchev–Trinajstić information content (AvgIpc) is 2.29. The predicted octanol–water partition coefficient (Wildman–Crippen LogP) is 4.15. The Labute approximate surface area is 105 Å². The van der Waals surface area contributed by atoms with Gasteiger partial charge >= 0.3 is 0 Å². The van der Waals surface area contributed by atoms with Crippen molar-refractivity contribution in [2.24, 2.45) is 17.8 Å². The normalized spacial score (nSPS) is 32.1. The van der Waals surface area contributed by atoms with Crippen molar-refractivity contribution in [2.75, 3.05) is 5.33 Å². The van der Waals surface area contributed by atoms with Crippen LogP contribution >= 0.6 is 15.9 Å². The molecule has 0 saturated heterocycles. The van der Waals surface area contributed by atoms with Crippen molar-refractivity contribution in [3.05, 3.63) is 48.3 Å². The van der Waals surface area contributed by atoms with Gasteiger partial charge in [0.15, 0.2) is 0 Å². The molecule has 0 radical (unpaired) electrons. The minimum absolute atomic E-state index is 0.207. The van der Waals surface area contributed by atoms with Crippen molar-refractivity contribution in [3.8, 4) is 0 Å². The molecule has 2 aliphatic rings. The number of aliphatic hydroxyl groups excluding tert-OH is 1. The van der Waals surface area contributed by atoms with Crippen molar-refractivity contribution in [1.29, 1.82) is 0 Å². The van der Waals surface area contributed by atoms with Crippen LogP contribution in [0.5, 0.6) is 0 Å². The van der Waals surface area contributed by atoms with Crippen LogP contribution in [0.4, 0.5) is 0 Å². The number of hydrogen-bond acceptors (Lipinski definition) is 1. The molecule has 2 heteroatoms. The van der Waals surface area contributed by atoms with Gasteiger partial charge in [-0.15, -0.1) is 0 Å². The lowest BCUT2D eigenvalue weighted by Gasteiger charge is -2.31. The summed E-state index contributed by atoms with van der Waals surface area (Å²) in [5.74, 6) is 1.74. The van der Waals surface area contributed by atoms with E-state index in [-0.39, 0.29) is 5.92 Å². The highest BCUT2D eigenvalue weighted by atomic mass is 79.9. The first-order valence-corrected chi connectivity index (χ1v) is 6.81. The minimum atomic E-state index is 0.207. The van der Waals surface area contributed by atoms with Crippen molar-refractivity contribution in [2.45, 2.75) is 12.8 Å². The standard InChI is InChI=1S/C14H17BrO/c1-10(9-15)7-11-5-6-13-12(8-11)3-2-4-14(13)16/h2-6,11-13,16H,1,7-9H2. The molecule has 3 atom stereocenters. The molecule has 0 saturated carbocycles. The highest BCUT2D eigenvalue weighted by Crippen LogP contribution is 2.37. The first-order valence-electron chi connectivity index (χ1n) is 5.69. The van der Waals surface area contributed by atoms with E-state index in [2.05, 4.69) is 40.7 Å². The molecule has 0 aromatic rings. The number of aliphatic hydroxyl groups is 1. The van der Waals surface area contributed by atoms with E-state index in [4.69, 9.17) is 0 Å². The summed E-state index contributed by atoms with van der Waals surface area (Å²) >= 11 is 3.43. The van der Waals surface area contributed by atoms with Gasteiger partial charge in [-0.25, -0.2) is 0 Å². The number of fused-ring (bicyclic) bond motifs is 1. The van der Waals surface area contributed by atoms with Gasteiger partial charge in [0.1, 0.15) is 0 Å². The van der Waals surface area contributed by atoms with E-state index in [0.717, 1.165) is 18.2 Å². The van der Waals surface area contributed by atoms with Crippen molar-refractivity contribution < 1.29 is 5.11 Å². The van der Waals surface area contributed by atoms with E-state index >= 15 is 0 Å².